The van der Waals surface area contributed by atoms with Crippen LogP contribution < -0.4 is 16.6 Å². The van der Waals surface area contributed by atoms with Gasteiger partial charge in [0.25, 0.3) is 0 Å². The fourth-order valence-corrected chi connectivity index (χ4v) is 0.892. The van der Waals surface area contributed by atoms with Crippen LogP contribution in [0.4, 0.5) is 13.6 Å². The Morgan fingerprint density at radius 3 is 2.71 bits per heavy atom. The number of nitrogens with two attached hydrogens (primary N) is 1. The number of hydrogen-bond donors (Lipinski definition) is 3. The Hall–Kier alpha value is -1.69. The van der Waals surface area contributed by atoms with Gasteiger partial charge in [-0.05, 0) is 6.07 Å². The van der Waals surface area contributed by atoms with Gasteiger partial charge in [-0.2, -0.15) is 0 Å². The number of amides is 2. The van der Waals surface area contributed by atoms with Gasteiger partial charge in [0.05, 0.1) is 0 Å². The van der Waals surface area contributed by atoms with Gasteiger partial charge < -0.3 is 5.32 Å². The smallest absolute Gasteiger partial charge is 0.329 e. The summed E-state index contributed by atoms with van der Waals surface area (Å²) in [6, 6.07) is 2.48. The molecule has 14 heavy (non-hydrogen) atoms. The van der Waals surface area contributed by atoms with E-state index in [2.05, 4.69) is 5.32 Å². The second-order valence-electron chi connectivity index (χ2n) is 2.56. The number of rotatable bonds is 2. The highest BCUT2D eigenvalue weighted by Crippen LogP contribution is 2.08. The van der Waals surface area contributed by atoms with E-state index < -0.39 is 17.7 Å². The van der Waals surface area contributed by atoms with E-state index in [0.29, 0.717) is 0 Å². The average molecular weight is 201 g/mol. The van der Waals surface area contributed by atoms with Crippen LogP contribution in [0.5, 0.6) is 0 Å². The van der Waals surface area contributed by atoms with Crippen molar-refractivity contribution in [2.45, 2.75) is 6.54 Å². The molecule has 0 aliphatic rings. The van der Waals surface area contributed by atoms with Crippen molar-refractivity contribution in [2.24, 2.45) is 5.84 Å². The Morgan fingerprint density at radius 2 is 2.14 bits per heavy atom. The summed E-state index contributed by atoms with van der Waals surface area (Å²) in [7, 11) is 0. The molecule has 0 saturated heterocycles. The molecule has 0 aromatic heterocycles. The second-order valence-corrected chi connectivity index (χ2v) is 2.56. The lowest BCUT2D eigenvalue weighted by atomic mass is 10.2. The Balaban J connectivity index is 2.63. The molecule has 4 nitrogen and oxygen atoms in total. The molecule has 0 spiro atoms. The van der Waals surface area contributed by atoms with Crippen molar-refractivity contribution in [3.05, 3.63) is 35.4 Å². The van der Waals surface area contributed by atoms with Gasteiger partial charge in [0.1, 0.15) is 11.6 Å². The fraction of sp³-hybridized carbons (Fsp3) is 0.125. The van der Waals surface area contributed by atoms with Crippen LogP contribution in [-0.2, 0) is 6.54 Å². The van der Waals surface area contributed by atoms with Gasteiger partial charge in [0.15, 0.2) is 0 Å². The first kappa shape index (κ1) is 10.4. The first-order valence-corrected chi connectivity index (χ1v) is 3.82. The van der Waals surface area contributed by atoms with Gasteiger partial charge in [-0.3, -0.25) is 5.43 Å². The standard InChI is InChI=1S/C8H9F2N3O/c9-6-2-1-5(7(10)3-6)4-12-8(14)13-11/h1-3H,4,11H2,(H2,12,13,14). The number of carbonyl (C=O) groups is 1. The number of benzene rings is 1. The van der Waals surface area contributed by atoms with Crippen molar-refractivity contribution in [2.75, 3.05) is 0 Å². The van der Waals surface area contributed by atoms with Crippen molar-refractivity contribution >= 4 is 6.03 Å². The molecule has 1 aromatic carbocycles. The maximum atomic E-state index is 13.0. The van der Waals surface area contributed by atoms with Gasteiger partial charge >= 0.3 is 6.03 Å². The minimum Gasteiger partial charge on any atom is -0.333 e. The van der Waals surface area contributed by atoms with Crippen molar-refractivity contribution in [1.82, 2.24) is 10.7 Å². The van der Waals surface area contributed by atoms with E-state index in [9.17, 15) is 13.6 Å². The van der Waals surface area contributed by atoms with Crippen molar-refractivity contribution in [3.8, 4) is 0 Å². The van der Waals surface area contributed by atoms with E-state index in [1.807, 2.05) is 5.43 Å². The van der Waals surface area contributed by atoms with Crippen LogP contribution >= 0.6 is 0 Å². The SMILES string of the molecule is NNC(=O)NCc1ccc(F)cc1F. The molecule has 0 aliphatic heterocycles. The van der Waals surface area contributed by atoms with Gasteiger partial charge in [-0.15, -0.1) is 0 Å². The third-order valence-corrected chi connectivity index (χ3v) is 1.59. The quantitative estimate of drug-likeness (QED) is 0.373. The molecule has 0 heterocycles. The molecule has 0 atom stereocenters. The number of carbonyl (C=O) groups excluding carboxylic acids is 1. The Labute approximate surface area is 79.1 Å². The summed E-state index contributed by atoms with van der Waals surface area (Å²) in [5.74, 6) is 3.42. The zero-order valence-corrected chi connectivity index (χ0v) is 7.18. The predicted octanol–water partition coefficient (Wildman–Crippen LogP) is 0.638. The molecule has 4 N–H and O–H groups in total. The molecule has 0 fully saturated rings. The minimum atomic E-state index is -0.706. The van der Waals surface area contributed by atoms with Crippen LogP contribution in [0.3, 0.4) is 0 Å². The van der Waals surface area contributed by atoms with E-state index in [1.165, 1.54) is 6.07 Å². The summed E-state index contributed by atoms with van der Waals surface area (Å²) in [5, 5.41) is 2.27. The van der Waals surface area contributed by atoms with Crippen molar-refractivity contribution < 1.29 is 13.6 Å². The topological polar surface area (TPSA) is 67.1 Å². The number of hydrogen-bond acceptors (Lipinski definition) is 2. The fourth-order valence-electron chi connectivity index (χ4n) is 0.892. The number of hydrazine groups is 1. The van der Waals surface area contributed by atoms with Gasteiger partial charge in [0, 0.05) is 18.2 Å². The summed E-state index contributed by atoms with van der Waals surface area (Å²) in [4.78, 5) is 10.6. The molecule has 1 rings (SSSR count). The minimum absolute atomic E-state index is 0.0465. The molecule has 0 unspecified atom stereocenters. The third-order valence-electron chi connectivity index (χ3n) is 1.59. The van der Waals surface area contributed by atoms with Crippen LogP contribution in [-0.4, -0.2) is 6.03 Å². The van der Waals surface area contributed by atoms with Gasteiger partial charge in [-0.25, -0.2) is 19.4 Å². The van der Waals surface area contributed by atoms with Crippen LogP contribution in [0.2, 0.25) is 0 Å². The molecule has 0 saturated carbocycles. The van der Waals surface area contributed by atoms with Crippen LogP contribution in [0.15, 0.2) is 18.2 Å². The summed E-state index contributed by atoms with van der Waals surface area (Å²) >= 11 is 0. The van der Waals surface area contributed by atoms with E-state index >= 15 is 0 Å². The summed E-state index contributed by atoms with van der Waals surface area (Å²) in [6.45, 7) is -0.0465. The van der Waals surface area contributed by atoms with Gasteiger partial charge in [0.2, 0.25) is 0 Å². The molecule has 0 aliphatic carbocycles. The van der Waals surface area contributed by atoms with Crippen molar-refractivity contribution in [1.29, 1.82) is 0 Å². The first-order chi connectivity index (χ1) is 6.63. The summed E-state index contributed by atoms with van der Waals surface area (Å²) in [6.07, 6.45) is 0. The molecule has 2 amide bonds. The highest BCUT2D eigenvalue weighted by Gasteiger charge is 2.04. The van der Waals surface area contributed by atoms with Gasteiger partial charge in [-0.1, -0.05) is 6.07 Å². The zero-order valence-electron chi connectivity index (χ0n) is 7.18. The molecule has 0 bridgehead atoms. The maximum Gasteiger partial charge on any atom is 0.329 e. The average Bonchev–Trinajstić information content (AvgIpc) is 2.16. The lowest BCUT2D eigenvalue weighted by Crippen LogP contribution is -2.39. The van der Waals surface area contributed by atoms with E-state index in [1.54, 1.807) is 0 Å². The lowest BCUT2D eigenvalue weighted by Gasteiger charge is -2.05. The molecule has 76 valence electrons. The van der Waals surface area contributed by atoms with Crippen LogP contribution in [0.25, 0.3) is 0 Å². The van der Waals surface area contributed by atoms with E-state index in [4.69, 9.17) is 5.84 Å². The molecule has 6 heteroatoms. The summed E-state index contributed by atoms with van der Waals surface area (Å²) in [5.41, 5.74) is 2.01. The molecular weight excluding hydrogens is 192 g/mol. The maximum absolute atomic E-state index is 13.0. The largest absolute Gasteiger partial charge is 0.333 e. The lowest BCUT2D eigenvalue weighted by molar-refractivity contribution is 0.240. The highest BCUT2D eigenvalue weighted by molar-refractivity contribution is 5.72. The van der Waals surface area contributed by atoms with Crippen LogP contribution in [0.1, 0.15) is 5.56 Å². The van der Waals surface area contributed by atoms with E-state index in [0.717, 1.165) is 12.1 Å². The Bertz CT molecular complexity index is 343. The molecule has 0 radical (unpaired) electrons. The number of nitrogens with one attached hydrogen (secondary N) is 2. The molecular formula is C8H9F2N3O. The Kier molecular flexibility index (Phi) is 3.35. The Morgan fingerprint density at radius 1 is 1.43 bits per heavy atom. The second kappa shape index (κ2) is 4.52. The first-order valence-electron chi connectivity index (χ1n) is 3.82. The van der Waals surface area contributed by atoms with E-state index in [-0.39, 0.29) is 12.1 Å². The van der Waals surface area contributed by atoms with Crippen LogP contribution in [0, 0.1) is 11.6 Å². The number of urea groups is 1. The van der Waals surface area contributed by atoms with Crippen molar-refractivity contribution in [3.63, 3.8) is 0 Å². The molecule has 1 aromatic rings. The number of halogens is 2. The third kappa shape index (κ3) is 2.67. The normalized spacial score (nSPS) is 9.64. The summed E-state index contributed by atoms with van der Waals surface area (Å²) < 4.78 is 25.4. The highest BCUT2D eigenvalue weighted by atomic mass is 19.1. The monoisotopic (exact) mass is 201 g/mol. The predicted molar refractivity (Wildman–Crippen MR) is 45.9 cm³/mol. The zero-order chi connectivity index (χ0) is 10.6.